The van der Waals surface area contributed by atoms with Crippen LogP contribution in [0.2, 0.25) is 0 Å². The molecule has 0 aliphatic rings. The number of nitrogens with two attached hydrogens (primary N) is 1. The average molecular weight is 768 g/mol. The van der Waals surface area contributed by atoms with E-state index < -0.39 is 51.1 Å². The Kier molecular flexibility index (Phi) is 34.2. The summed E-state index contributed by atoms with van der Waals surface area (Å²) in [5.74, 6) is -2.47. The van der Waals surface area contributed by atoms with E-state index in [1.807, 2.05) is 12.2 Å². The zero-order valence-electron chi connectivity index (χ0n) is 32.6. The van der Waals surface area contributed by atoms with Gasteiger partial charge in [-0.05, 0) is 77.0 Å². The van der Waals surface area contributed by atoms with Crippen molar-refractivity contribution in [1.29, 1.82) is 0 Å². The lowest BCUT2D eigenvalue weighted by atomic mass is 10.1. The van der Waals surface area contributed by atoms with E-state index >= 15 is 0 Å². The number of hydrogen-bond donors (Lipinski definition) is 3. The lowest BCUT2D eigenvalue weighted by Crippen LogP contribution is -2.34. The first-order chi connectivity index (χ1) is 25.6. The number of hydrogen-bond acceptors (Lipinski definition) is 9. The Bertz CT molecular complexity index is 1130. The van der Waals surface area contributed by atoms with Crippen LogP contribution in [0.15, 0.2) is 60.8 Å². The molecule has 0 amide bonds. The third-order valence-corrected chi connectivity index (χ3v) is 8.94. The molecule has 304 valence electrons. The number of phosphoric ester groups is 1. The van der Waals surface area contributed by atoms with E-state index in [0.29, 0.717) is 19.3 Å². The van der Waals surface area contributed by atoms with Crippen LogP contribution in [0.1, 0.15) is 149 Å². The molecule has 1 unspecified atom stereocenters. The summed E-state index contributed by atoms with van der Waals surface area (Å²) >= 11 is 0. The Morgan fingerprint density at radius 2 is 1.02 bits per heavy atom. The molecule has 4 N–H and O–H groups in total. The van der Waals surface area contributed by atoms with Crippen molar-refractivity contribution >= 4 is 25.7 Å². The summed E-state index contributed by atoms with van der Waals surface area (Å²) in [5.41, 5.74) is 5.31. The normalized spacial score (nSPS) is 14.5. The molecule has 0 rings (SSSR count). The van der Waals surface area contributed by atoms with Gasteiger partial charge in [0.1, 0.15) is 12.6 Å². The fourth-order valence-corrected chi connectivity index (χ4v) is 5.59. The van der Waals surface area contributed by atoms with Gasteiger partial charge in [0, 0.05) is 12.8 Å². The minimum Gasteiger partial charge on any atom is -0.480 e. The molecule has 0 aromatic carbocycles. The summed E-state index contributed by atoms with van der Waals surface area (Å²) < 4.78 is 32.5. The molecule has 0 bridgehead atoms. The maximum Gasteiger partial charge on any atom is 0.472 e. The summed E-state index contributed by atoms with van der Waals surface area (Å²) in [6.07, 6.45) is 40.1. The highest BCUT2D eigenvalue weighted by Gasteiger charge is 2.28. The maximum absolute atomic E-state index is 12.6. The zero-order valence-corrected chi connectivity index (χ0v) is 33.5. The molecule has 12 heteroatoms. The number of esters is 2. The second-order valence-electron chi connectivity index (χ2n) is 13.1. The lowest BCUT2D eigenvalue weighted by molar-refractivity contribution is -0.161. The van der Waals surface area contributed by atoms with Gasteiger partial charge in [-0.2, -0.15) is 0 Å². The lowest BCUT2D eigenvalue weighted by Gasteiger charge is -2.20. The van der Waals surface area contributed by atoms with E-state index in [-0.39, 0.29) is 19.4 Å². The molecule has 0 saturated heterocycles. The summed E-state index contributed by atoms with van der Waals surface area (Å²) in [5, 5.41) is 8.86. The highest BCUT2D eigenvalue weighted by atomic mass is 31.2. The first kappa shape index (κ1) is 50.2. The molecule has 0 heterocycles. The predicted molar refractivity (Wildman–Crippen MR) is 212 cm³/mol. The van der Waals surface area contributed by atoms with Gasteiger partial charge in [-0.1, -0.05) is 120 Å². The minimum absolute atomic E-state index is 0.137. The number of aliphatic carboxylic acids is 1. The van der Waals surface area contributed by atoms with Crippen molar-refractivity contribution in [3.8, 4) is 0 Å². The van der Waals surface area contributed by atoms with Crippen LogP contribution >= 0.6 is 7.82 Å². The van der Waals surface area contributed by atoms with E-state index in [1.165, 1.54) is 38.5 Å². The van der Waals surface area contributed by atoms with Crippen molar-refractivity contribution in [3.63, 3.8) is 0 Å². The van der Waals surface area contributed by atoms with E-state index in [2.05, 4.69) is 67.0 Å². The molecule has 0 saturated carbocycles. The highest BCUT2D eigenvalue weighted by molar-refractivity contribution is 7.47. The quantitative estimate of drug-likeness (QED) is 0.0240. The molecule has 0 fully saturated rings. The fraction of sp³-hybridized carbons (Fsp3) is 0.683. The van der Waals surface area contributed by atoms with Crippen LogP contribution in [0.5, 0.6) is 0 Å². The van der Waals surface area contributed by atoms with Crippen molar-refractivity contribution in [2.45, 2.75) is 161 Å². The van der Waals surface area contributed by atoms with Crippen molar-refractivity contribution in [2.24, 2.45) is 5.73 Å². The smallest absolute Gasteiger partial charge is 0.472 e. The zero-order chi connectivity index (χ0) is 39.3. The SMILES string of the molecule is CCCCC/C=C/C/C=C/C/C=C/C/C=C/CCCC(=O)OC[C@@H](COP(=O)(O)OC[C@@H](N)C(=O)O)OC(=O)CCCCCCC/C=C/CCCCC. The molecule has 0 aromatic heterocycles. The van der Waals surface area contributed by atoms with Gasteiger partial charge in [-0.15, -0.1) is 0 Å². The number of carboxylic acid groups (broad SMARTS) is 1. The number of carbonyl (C=O) groups excluding carboxylic acids is 2. The van der Waals surface area contributed by atoms with Crippen molar-refractivity contribution < 1.29 is 47.5 Å². The third kappa shape index (κ3) is 36.0. The van der Waals surface area contributed by atoms with Crippen molar-refractivity contribution in [2.75, 3.05) is 19.8 Å². The third-order valence-electron chi connectivity index (χ3n) is 7.99. The Labute approximate surface area is 319 Å². The number of ether oxygens (including phenoxy) is 2. The molecule has 0 aliphatic heterocycles. The Balaban J connectivity index is 4.53. The van der Waals surface area contributed by atoms with Gasteiger partial charge in [0.05, 0.1) is 13.2 Å². The van der Waals surface area contributed by atoms with E-state index in [9.17, 15) is 23.8 Å². The van der Waals surface area contributed by atoms with E-state index in [4.69, 9.17) is 24.8 Å². The highest BCUT2D eigenvalue weighted by Crippen LogP contribution is 2.43. The number of phosphoric acid groups is 1. The Morgan fingerprint density at radius 1 is 0.585 bits per heavy atom. The number of unbranched alkanes of at least 4 members (excludes halogenated alkanes) is 12. The van der Waals surface area contributed by atoms with Crippen molar-refractivity contribution in [3.05, 3.63) is 60.8 Å². The molecular formula is C41H70NO10P. The molecule has 53 heavy (non-hydrogen) atoms. The van der Waals surface area contributed by atoms with Crippen LogP contribution in [-0.4, -0.2) is 59.9 Å². The van der Waals surface area contributed by atoms with Gasteiger partial charge < -0.3 is 25.2 Å². The van der Waals surface area contributed by atoms with Gasteiger partial charge in [-0.3, -0.25) is 23.4 Å². The summed E-state index contributed by atoms with van der Waals surface area (Å²) in [4.78, 5) is 45.8. The van der Waals surface area contributed by atoms with Crippen LogP contribution in [0.4, 0.5) is 0 Å². The fourth-order valence-electron chi connectivity index (χ4n) is 4.81. The monoisotopic (exact) mass is 767 g/mol. The number of allylic oxidation sites excluding steroid dienone is 10. The van der Waals surface area contributed by atoms with Crippen LogP contribution in [-0.2, 0) is 37.5 Å². The standard InChI is InChI=1S/C41H70NO10P/c1-3-5-7-9-11-13-15-17-18-19-20-21-23-24-26-28-30-32-39(43)49-34-37(35-50-53(47,48)51-36-38(42)41(45)46)52-40(44)33-31-29-27-25-22-16-14-12-10-8-6-4-2/h11-14,17-18,20-21,24,26,37-38H,3-10,15-16,19,22-23,25,27-36,42H2,1-2H3,(H,45,46)(H,47,48)/b13-11+,14-12+,18-17+,21-20+,26-24+/t37-,38+/m0/s1. The summed E-state index contributed by atoms with van der Waals surface area (Å²) in [6.45, 7) is 2.65. The van der Waals surface area contributed by atoms with Crippen molar-refractivity contribution in [1.82, 2.24) is 0 Å². The number of carboxylic acids is 1. The molecule has 0 spiro atoms. The van der Waals surface area contributed by atoms with Gasteiger partial charge >= 0.3 is 25.7 Å². The second kappa shape index (κ2) is 36.2. The van der Waals surface area contributed by atoms with Crippen LogP contribution in [0.3, 0.4) is 0 Å². The largest absolute Gasteiger partial charge is 0.480 e. The first-order valence-electron chi connectivity index (χ1n) is 19.8. The van der Waals surface area contributed by atoms with Crippen LogP contribution in [0.25, 0.3) is 0 Å². The molecule has 0 radical (unpaired) electrons. The van der Waals surface area contributed by atoms with Gasteiger partial charge in [-0.25, -0.2) is 4.57 Å². The second-order valence-corrected chi connectivity index (χ2v) is 14.5. The Hall–Kier alpha value is -2.82. The topological polar surface area (TPSA) is 172 Å². The predicted octanol–water partition coefficient (Wildman–Crippen LogP) is 10.00. The minimum atomic E-state index is -4.73. The van der Waals surface area contributed by atoms with Gasteiger partial charge in [0.15, 0.2) is 6.10 Å². The molecular weight excluding hydrogens is 697 g/mol. The molecule has 11 nitrogen and oxygen atoms in total. The first-order valence-corrected chi connectivity index (χ1v) is 21.3. The average Bonchev–Trinajstić information content (AvgIpc) is 3.13. The van der Waals surface area contributed by atoms with Crippen LogP contribution < -0.4 is 5.73 Å². The van der Waals surface area contributed by atoms with Gasteiger partial charge in [0.2, 0.25) is 0 Å². The summed E-state index contributed by atoms with van der Waals surface area (Å²) in [6, 6.07) is -1.53. The maximum atomic E-state index is 12.6. The molecule has 0 aromatic rings. The summed E-state index contributed by atoms with van der Waals surface area (Å²) in [7, 11) is -4.73. The van der Waals surface area contributed by atoms with Crippen LogP contribution in [0, 0.1) is 0 Å². The molecule has 3 atom stereocenters. The van der Waals surface area contributed by atoms with E-state index in [0.717, 1.165) is 64.2 Å². The van der Waals surface area contributed by atoms with E-state index in [1.54, 1.807) is 0 Å². The number of rotatable bonds is 36. The Morgan fingerprint density at radius 3 is 1.57 bits per heavy atom. The number of carbonyl (C=O) groups is 3. The van der Waals surface area contributed by atoms with Gasteiger partial charge in [0.25, 0.3) is 0 Å². The molecule has 0 aliphatic carbocycles.